The van der Waals surface area contributed by atoms with Crippen LogP contribution in [0, 0.1) is 11.3 Å². The molecule has 0 fully saturated rings. The lowest BCUT2D eigenvalue weighted by atomic mass is 9.78. The number of nitrogens with one attached hydrogen (secondary N) is 2. The second-order valence-electron chi connectivity index (χ2n) is 8.82. The van der Waals surface area contributed by atoms with Gasteiger partial charge in [0, 0.05) is 25.5 Å². The van der Waals surface area contributed by atoms with Gasteiger partial charge in [0.15, 0.2) is 0 Å². The zero-order valence-electron chi connectivity index (χ0n) is 19.1. The first-order valence-corrected chi connectivity index (χ1v) is 11.3. The molecule has 1 unspecified atom stereocenters. The van der Waals surface area contributed by atoms with E-state index in [1.165, 1.54) is 6.92 Å². The maximum absolute atomic E-state index is 12.9. The van der Waals surface area contributed by atoms with Crippen LogP contribution < -0.4 is 15.4 Å². The van der Waals surface area contributed by atoms with Gasteiger partial charge < -0.3 is 15.4 Å². The molecule has 6 nitrogen and oxygen atoms in total. The predicted molar refractivity (Wildman–Crippen MR) is 123 cm³/mol. The van der Waals surface area contributed by atoms with Crippen LogP contribution in [-0.4, -0.2) is 24.6 Å². The third-order valence-electron chi connectivity index (χ3n) is 6.31. The van der Waals surface area contributed by atoms with Crippen LogP contribution >= 0.6 is 0 Å². The highest BCUT2D eigenvalue weighted by atomic mass is 19.4. The summed E-state index contributed by atoms with van der Waals surface area (Å²) in [6.07, 6.45) is -3.52. The van der Waals surface area contributed by atoms with E-state index in [1.807, 2.05) is 18.2 Å². The second-order valence-corrected chi connectivity index (χ2v) is 8.82. The number of benzene rings is 2. The van der Waals surface area contributed by atoms with Crippen LogP contribution in [0.5, 0.6) is 5.75 Å². The Morgan fingerprint density at radius 2 is 1.97 bits per heavy atom. The molecule has 35 heavy (non-hydrogen) atoms. The smallest absolute Gasteiger partial charge is 0.389 e. The van der Waals surface area contributed by atoms with E-state index >= 15 is 0 Å². The molecule has 0 bridgehead atoms. The summed E-state index contributed by atoms with van der Waals surface area (Å²) < 4.78 is 42.5. The van der Waals surface area contributed by atoms with Crippen LogP contribution in [0.1, 0.15) is 49.3 Å². The standard InChI is InChI=1S/C26H24F3N3O3/c1-16(33)31-19-5-3-17(4-6-19)21-14-25(32-24(34)22(21)15-30)11-9-18-13-20(7-8-23(18)25)35-12-2-10-26(27,28)29/h3-8,13H,2,9-12,14H2,1H3,(H,31,33)(H,32,34). The highest BCUT2D eigenvalue weighted by Crippen LogP contribution is 2.47. The highest BCUT2D eigenvalue weighted by molar-refractivity contribution is 6.07. The number of anilines is 1. The van der Waals surface area contributed by atoms with Gasteiger partial charge in [0.1, 0.15) is 17.4 Å². The van der Waals surface area contributed by atoms with Gasteiger partial charge >= 0.3 is 6.18 Å². The van der Waals surface area contributed by atoms with Gasteiger partial charge in [-0.2, -0.15) is 18.4 Å². The number of carbonyl (C=O) groups excluding carboxylic acids is 2. The SMILES string of the molecule is CC(=O)Nc1ccc(C2=C(C#N)C(=O)NC3(CCc4cc(OCCCC(F)(F)F)ccc43)C2)cc1. The van der Waals surface area contributed by atoms with Gasteiger partial charge in [-0.1, -0.05) is 18.2 Å². The third-order valence-corrected chi connectivity index (χ3v) is 6.31. The lowest BCUT2D eigenvalue weighted by Crippen LogP contribution is -2.48. The number of carbonyl (C=O) groups is 2. The number of hydrogen-bond donors (Lipinski definition) is 2. The highest BCUT2D eigenvalue weighted by Gasteiger charge is 2.45. The Bertz CT molecular complexity index is 1230. The fraction of sp³-hybridized carbons (Fsp3) is 0.346. The molecule has 1 heterocycles. The fourth-order valence-corrected chi connectivity index (χ4v) is 4.77. The first kappa shape index (κ1) is 24.3. The minimum absolute atomic E-state index is 0.0347. The molecule has 0 saturated heterocycles. The van der Waals surface area contributed by atoms with Crippen molar-refractivity contribution in [1.29, 1.82) is 5.26 Å². The molecule has 0 radical (unpaired) electrons. The zero-order chi connectivity index (χ0) is 25.2. The largest absolute Gasteiger partial charge is 0.494 e. The average Bonchev–Trinajstić information content (AvgIpc) is 3.13. The van der Waals surface area contributed by atoms with Crippen molar-refractivity contribution in [1.82, 2.24) is 5.32 Å². The Hall–Kier alpha value is -3.80. The Balaban J connectivity index is 1.56. The summed E-state index contributed by atoms with van der Waals surface area (Å²) in [4.78, 5) is 24.2. The number of ether oxygens (including phenoxy) is 1. The summed E-state index contributed by atoms with van der Waals surface area (Å²) in [6.45, 7) is 1.38. The summed E-state index contributed by atoms with van der Waals surface area (Å²) >= 11 is 0. The van der Waals surface area contributed by atoms with Crippen molar-refractivity contribution in [2.75, 3.05) is 11.9 Å². The second kappa shape index (κ2) is 9.45. The summed E-state index contributed by atoms with van der Waals surface area (Å²) in [5.74, 6) is -0.149. The quantitative estimate of drug-likeness (QED) is 0.566. The normalized spacial score (nSPS) is 19.2. The van der Waals surface area contributed by atoms with Gasteiger partial charge in [-0.05, 0) is 65.8 Å². The van der Waals surface area contributed by atoms with E-state index in [9.17, 15) is 28.0 Å². The molecule has 1 spiro atoms. The maximum Gasteiger partial charge on any atom is 0.389 e. The maximum atomic E-state index is 12.9. The third kappa shape index (κ3) is 5.32. The number of alkyl halides is 3. The molecule has 1 atom stereocenters. The molecule has 1 aliphatic heterocycles. The van der Waals surface area contributed by atoms with E-state index in [1.54, 1.807) is 30.3 Å². The number of nitrogens with zero attached hydrogens (tertiary/aromatic N) is 1. The van der Waals surface area contributed by atoms with Crippen LogP contribution in [0.3, 0.4) is 0 Å². The zero-order valence-corrected chi connectivity index (χ0v) is 19.1. The first-order chi connectivity index (χ1) is 16.6. The Morgan fingerprint density at radius 3 is 2.63 bits per heavy atom. The predicted octanol–water partition coefficient (Wildman–Crippen LogP) is 5.01. The topological polar surface area (TPSA) is 91.2 Å². The molecule has 0 saturated carbocycles. The van der Waals surface area contributed by atoms with Gasteiger partial charge in [0.25, 0.3) is 5.91 Å². The van der Waals surface area contributed by atoms with Crippen LogP contribution in [0.4, 0.5) is 18.9 Å². The van der Waals surface area contributed by atoms with Gasteiger partial charge in [0.2, 0.25) is 5.91 Å². The van der Waals surface area contributed by atoms with Crippen molar-refractivity contribution in [2.24, 2.45) is 0 Å². The van der Waals surface area contributed by atoms with Gasteiger partial charge in [-0.3, -0.25) is 9.59 Å². The molecule has 9 heteroatoms. The number of nitriles is 1. The van der Waals surface area contributed by atoms with E-state index in [0.717, 1.165) is 16.7 Å². The van der Waals surface area contributed by atoms with E-state index in [-0.39, 0.29) is 24.5 Å². The number of amides is 2. The monoisotopic (exact) mass is 483 g/mol. The van der Waals surface area contributed by atoms with E-state index in [2.05, 4.69) is 10.6 Å². The summed E-state index contributed by atoms with van der Waals surface area (Å²) in [5.41, 5.74) is 3.21. The number of halogens is 3. The molecule has 2 N–H and O–H groups in total. The molecule has 4 rings (SSSR count). The van der Waals surface area contributed by atoms with Gasteiger partial charge in [0.05, 0.1) is 12.1 Å². The molecular weight excluding hydrogens is 459 g/mol. The fourth-order valence-electron chi connectivity index (χ4n) is 4.77. The number of rotatable bonds is 6. The number of hydrogen-bond acceptors (Lipinski definition) is 4. The van der Waals surface area contributed by atoms with E-state index in [4.69, 9.17) is 4.74 Å². The van der Waals surface area contributed by atoms with E-state index in [0.29, 0.717) is 36.3 Å². The van der Waals surface area contributed by atoms with Crippen molar-refractivity contribution in [3.8, 4) is 11.8 Å². The van der Waals surface area contributed by atoms with Gasteiger partial charge in [-0.15, -0.1) is 0 Å². The summed E-state index contributed by atoms with van der Waals surface area (Å²) in [5, 5.41) is 15.4. The van der Waals surface area contributed by atoms with Crippen LogP contribution in [0.25, 0.3) is 5.57 Å². The van der Waals surface area contributed by atoms with Gasteiger partial charge in [-0.25, -0.2) is 0 Å². The molecule has 2 aromatic carbocycles. The molecule has 2 aliphatic rings. The number of aryl methyl sites for hydroxylation is 1. The molecular formula is C26H24F3N3O3. The summed E-state index contributed by atoms with van der Waals surface area (Å²) in [7, 11) is 0. The Labute approximate surface area is 200 Å². The molecule has 0 aromatic heterocycles. The van der Waals surface area contributed by atoms with Crippen molar-refractivity contribution < 1.29 is 27.5 Å². The molecule has 2 aromatic rings. The van der Waals surface area contributed by atoms with Crippen LogP contribution in [0.15, 0.2) is 48.0 Å². The van der Waals surface area contributed by atoms with Crippen molar-refractivity contribution in [3.05, 3.63) is 64.7 Å². The minimum atomic E-state index is -4.20. The molecule has 182 valence electrons. The lowest BCUT2D eigenvalue weighted by molar-refractivity contribution is -0.136. The van der Waals surface area contributed by atoms with Crippen molar-refractivity contribution in [3.63, 3.8) is 0 Å². The van der Waals surface area contributed by atoms with E-state index < -0.39 is 24.0 Å². The lowest BCUT2D eigenvalue weighted by Gasteiger charge is -2.37. The average molecular weight is 483 g/mol. The van der Waals surface area contributed by atoms with Crippen molar-refractivity contribution >= 4 is 23.1 Å². The van der Waals surface area contributed by atoms with Crippen molar-refractivity contribution in [2.45, 2.75) is 50.7 Å². The summed E-state index contributed by atoms with van der Waals surface area (Å²) in [6, 6.07) is 14.4. The molecule has 2 amide bonds. The molecule has 1 aliphatic carbocycles. The minimum Gasteiger partial charge on any atom is -0.494 e. The van der Waals surface area contributed by atoms with Crippen LogP contribution in [-0.2, 0) is 21.5 Å². The Morgan fingerprint density at radius 1 is 1.23 bits per heavy atom. The van der Waals surface area contributed by atoms with Crippen LogP contribution in [0.2, 0.25) is 0 Å². The Kier molecular flexibility index (Phi) is 6.57. The number of fused-ring (bicyclic) bond motifs is 2. The first-order valence-electron chi connectivity index (χ1n) is 11.3.